The molecule has 2 N–H and O–H groups in total. The Bertz CT molecular complexity index is 2180. The van der Waals surface area contributed by atoms with E-state index in [2.05, 4.69) is 4.98 Å². The number of halogens is 1. The van der Waals surface area contributed by atoms with Crippen molar-refractivity contribution in [3.05, 3.63) is 69.9 Å². The number of ether oxygens (including phenoxy) is 4. The number of aromatic nitrogens is 3. The van der Waals surface area contributed by atoms with Gasteiger partial charge < -0.3 is 18.9 Å². The largest absolute Gasteiger partial charge is 0.489 e. The number of carbonyl (C=O) groups is 2. The molecule has 2 amide bonds. The van der Waals surface area contributed by atoms with E-state index in [1.54, 1.807) is 47.7 Å². The first kappa shape index (κ1) is 39.0. The van der Waals surface area contributed by atoms with E-state index < -0.39 is 56.1 Å². The summed E-state index contributed by atoms with van der Waals surface area (Å²) in [4.78, 5) is 38.1. The summed E-state index contributed by atoms with van der Waals surface area (Å²) in [7, 11) is -4.01. The van der Waals surface area contributed by atoms with Crippen LogP contribution in [-0.4, -0.2) is 59.4 Å². The molecular formula is C37H45ClN5O8S2+. The number of carbonyl (C=O) groups excluding carboxylic acids is 2. The second-order valence-corrected chi connectivity index (χ2v) is 19.3. The summed E-state index contributed by atoms with van der Waals surface area (Å²) >= 11 is 8.38. The highest BCUT2D eigenvalue weighted by atomic mass is 35.5. The van der Waals surface area contributed by atoms with Gasteiger partial charge in [0.15, 0.2) is 5.79 Å². The second kappa shape index (κ2) is 13.5. The number of thiophene rings is 1. The van der Waals surface area contributed by atoms with Crippen molar-refractivity contribution in [2.75, 3.05) is 11.5 Å². The summed E-state index contributed by atoms with van der Waals surface area (Å²) in [6.45, 7) is 16.1. The highest BCUT2D eigenvalue weighted by Crippen LogP contribution is 2.42. The minimum absolute atomic E-state index is 0.116. The van der Waals surface area contributed by atoms with Gasteiger partial charge in [-0.25, -0.2) is 27.7 Å². The number of hydrogen-bond acceptors (Lipinski definition) is 11. The Morgan fingerprint density at radius 1 is 1.06 bits per heavy atom. The van der Waals surface area contributed by atoms with Gasteiger partial charge in [0, 0.05) is 34.2 Å². The zero-order chi connectivity index (χ0) is 38.9. The molecule has 1 aliphatic carbocycles. The highest BCUT2D eigenvalue weighted by Gasteiger charge is 2.55. The first-order chi connectivity index (χ1) is 24.4. The van der Waals surface area contributed by atoms with Crippen LogP contribution in [0.15, 0.2) is 48.8 Å². The number of rotatable bonds is 7. The van der Waals surface area contributed by atoms with Gasteiger partial charge in [-0.3, -0.25) is 4.98 Å². The van der Waals surface area contributed by atoms with Gasteiger partial charge in [0.1, 0.15) is 45.0 Å². The number of benzene rings is 1. The maximum atomic E-state index is 13.7. The Morgan fingerprint density at radius 2 is 1.72 bits per heavy atom. The predicted octanol–water partition coefficient (Wildman–Crippen LogP) is 7.17. The fourth-order valence-corrected chi connectivity index (χ4v) is 8.76. The SMILES string of the molecule is CC(C)(C)OC(=O)N(C(=O)OC(C)(C)C)c1ncc(Cl)c(Cc2cc3cccc(-c4cc(C5(C)COC(C)(C)O5)ccn4)c3s2)[n+]1C1CC1S(N)(=O)=O. The van der Waals surface area contributed by atoms with Gasteiger partial charge >= 0.3 is 18.1 Å². The van der Waals surface area contributed by atoms with Crippen LogP contribution >= 0.6 is 22.9 Å². The van der Waals surface area contributed by atoms with Crippen LogP contribution in [0.3, 0.4) is 0 Å². The molecule has 4 aromatic rings. The molecule has 13 nitrogen and oxygen atoms in total. The van der Waals surface area contributed by atoms with Gasteiger partial charge in [0.2, 0.25) is 10.0 Å². The smallest absolute Gasteiger partial charge is 0.431 e. The molecule has 0 bridgehead atoms. The lowest BCUT2D eigenvalue weighted by Gasteiger charge is -2.25. The number of imide groups is 1. The fourth-order valence-electron chi connectivity index (χ4n) is 6.34. The molecule has 3 aromatic heterocycles. The maximum Gasteiger partial charge on any atom is 0.489 e. The first-order valence-corrected chi connectivity index (χ1v) is 19.9. The van der Waals surface area contributed by atoms with Crippen LogP contribution < -0.4 is 14.6 Å². The number of pyridine rings is 1. The summed E-state index contributed by atoms with van der Waals surface area (Å²) in [5, 5.41) is 5.76. The first-order valence-electron chi connectivity index (χ1n) is 17.1. The zero-order valence-corrected chi connectivity index (χ0v) is 33.6. The molecule has 3 atom stereocenters. The van der Waals surface area contributed by atoms with Crippen molar-refractivity contribution in [1.82, 2.24) is 9.97 Å². The number of fused-ring (bicyclic) bond motifs is 1. The minimum atomic E-state index is -4.01. The van der Waals surface area contributed by atoms with Crippen molar-refractivity contribution in [2.45, 2.75) is 109 Å². The molecule has 1 saturated carbocycles. The Labute approximate surface area is 318 Å². The summed E-state index contributed by atoms with van der Waals surface area (Å²) < 4.78 is 51.1. The van der Waals surface area contributed by atoms with Gasteiger partial charge in [-0.2, -0.15) is 0 Å². The number of sulfonamides is 1. The average Bonchev–Trinajstić information content (AvgIpc) is 3.63. The van der Waals surface area contributed by atoms with Crippen molar-refractivity contribution >= 4 is 61.2 Å². The van der Waals surface area contributed by atoms with Crippen LogP contribution in [0.25, 0.3) is 21.3 Å². The number of primary sulfonamides is 1. The van der Waals surface area contributed by atoms with Crippen molar-refractivity contribution in [3.8, 4) is 11.3 Å². The van der Waals surface area contributed by atoms with Crippen LogP contribution in [-0.2, 0) is 41.0 Å². The Hall–Kier alpha value is -3.73. The van der Waals surface area contributed by atoms with E-state index >= 15 is 0 Å². The van der Waals surface area contributed by atoms with E-state index in [1.807, 2.05) is 57.2 Å². The molecule has 4 heterocycles. The molecule has 1 aliphatic heterocycles. The van der Waals surface area contributed by atoms with Gasteiger partial charge in [-0.05, 0) is 91.5 Å². The Balaban J connectivity index is 1.45. The average molecular weight is 787 g/mol. The highest BCUT2D eigenvalue weighted by molar-refractivity contribution is 7.90. The molecule has 3 unspecified atom stereocenters. The third kappa shape index (κ3) is 8.50. The quantitative estimate of drug-likeness (QED) is 0.190. The van der Waals surface area contributed by atoms with Crippen molar-refractivity contribution in [3.63, 3.8) is 0 Å². The Kier molecular flexibility index (Phi) is 9.95. The molecule has 1 saturated heterocycles. The molecule has 0 radical (unpaired) electrons. The lowest BCUT2D eigenvalue weighted by atomic mass is 9.96. The molecule has 16 heteroatoms. The molecule has 1 aromatic carbocycles. The van der Waals surface area contributed by atoms with Crippen LogP contribution in [0.1, 0.15) is 90.9 Å². The van der Waals surface area contributed by atoms with Gasteiger partial charge in [0.05, 0.1) is 12.3 Å². The maximum absolute atomic E-state index is 13.7. The van der Waals surface area contributed by atoms with E-state index in [0.29, 0.717) is 17.2 Å². The summed E-state index contributed by atoms with van der Waals surface area (Å²) in [5.41, 5.74) is 0.400. The number of nitrogens with zero attached hydrogens (tertiary/aromatic N) is 4. The van der Waals surface area contributed by atoms with Gasteiger partial charge in [-0.15, -0.1) is 11.3 Å². The van der Waals surface area contributed by atoms with Gasteiger partial charge in [-0.1, -0.05) is 39.7 Å². The van der Waals surface area contributed by atoms with E-state index in [1.165, 1.54) is 22.1 Å². The van der Waals surface area contributed by atoms with E-state index in [0.717, 1.165) is 31.8 Å². The minimum Gasteiger partial charge on any atom is -0.431 e. The van der Waals surface area contributed by atoms with Gasteiger partial charge in [0.25, 0.3) is 0 Å². The summed E-state index contributed by atoms with van der Waals surface area (Å²) in [5.74, 6) is -0.918. The number of amides is 2. The fraction of sp³-hybridized carbons (Fsp3) is 0.486. The monoisotopic (exact) mass is 786 g/mol. The topological polar surface area (TPSA) is 164 Å². The standard InChI is InChI=1S/C37H45ClN5O8S2/c1-34(2,3)49-32(44)43(33(45)50-35(4,5)6)31-41-19-25(38)27(42(31)28-18-29(28)53(39,46)47)17-23-15-21-11-10-12-24(30(21)52-23)26-16-22(13-14-40-26)37(9)20-48-36(7,8)51-37/h10-16,19,28-29H,17-18,20H2,1-9H3,(H2,39,46,47)/q+1. The normalized spacial score (nSPS) is 21.4. The molecule has 6 rings (SSSR count). The van der Waals surface area contributed by atoms with Crippen molar-refractivity contribution < 1.29 is 41.5 Å². The molecular weight excluding hydrogens is 742 g/mol. The zero-order valence-electron chi connectivity index (χ0n) is 31.2. The molecule has 53 heavy (non-hydrogen) atoms. The van der Waals surface area contributed by atoms with Crippen LogP contribution in [0.5, 0.6) is 0 Å². The van der Waals surface area contributed by atoms with E-state index in [4.69, 9.17) is 40.7 Å². The summed E-state index contributed by atoms with van der Waals surface area (Å²) in [6, 6.07) is 11.2. The van der Waals surface area contributed by atoms with E-state index in [-0.39, 0.29) is 23.8 Å². The second-order valence-electron chi connectivity index (χ2n) is 16.0. The number of anilines is 1. The number of hydrogen-bond donors (Lipinski definition) is 1. The Morgan fingerprint density at radius 3 is 2.28 bits per heavy atom. The molecule has 0 spiro atoms. The summed E-state index contributed by atoms with van der Waals surface area (Å²) in [6.07, 6.45) is 1.29. The van der Waals surface area contributed by atoms with Crippen LogP contribution in [0, 0.1) is 0 Å². The number of nitrogens with two attached hydrogens (primary N) is 1. The lowest BCUT2D eigenvalue weighted by molar-refractivity contribution is -0.696. The molecule has 2 fully saturated rings. The van der Waals surface area contributed by atoms with E-state index in [9.17, 15) is 18.0 Å². The van der Waals surface area contributed by atoms with Crippen molar-refractivity contribution in [2.24, 2.45) is 5.14 Å². The molecule has 2 aliphatic rings. The molecule has 284 valence electrons. The van der Waals surface area contributed by atoms with Crippen LogP contribution in [0.2, 0.25) is 5.02 Å². The lowest BCUT2D eigenvalue weighted by Crippen LogP contribution is -2.53. The third-order valence-electron chi connectivity index (χ3n) is 8.63. The van der Waals surface area contributed by atoms with Crippen molar-refractivity contribution in [1.29, 1.82) is 0 Å². The predicted molar refractivity (Wildman–Crippen MR) is 201 cm³/mol. The van der Waals surface area contributed by atoms with Crippen LogP contribution in [0.4, 0.5) is 15.5 Å². The third-order valence-corrected chi connectivity index (χ3v) is 11.5.